The predicted octanol–water partition coefficient (Wildman–Crippen LogP) is 3.17. The maximum absolute atomic E-state index is 12.1. The van der Waals surface area contributed by atoms with Gasteiger partial charge in [0.25, 0.3) is 0 Å². The summed E-state index contributed by atoms with van der Waals surface area (Å²) in [6.07, 6.45) is -0.517. The molecule has 0 aliphatic heterocycles. The lowest BCUT2D eigenvalue weighted by molar-refractivity contribution is 0.0338. The van der Waals surface area contributed by atoms with Crippen LogP contribution in [0.3, 0.4) is 0 Å². The van der Waals surface area contributed by atoms with Crippen LogP contribution in [0.15, 0.2) is 53.4 Å². The van der Waals surface area contributed by atoms with Gasteiger partial charge in [-0.1, -0.05) is 29.8 Å². The zero-order valence-electron chi connectivity index (χ0n) is 12.6. The highest BCUT2D eigenvalue weighted by atomic mass is 35.5. The van der Waals surface area contributed by atoms with Gasteiger partial charge in [-0.3, -0.25) is 0 Å². The third kappa shape index (κ3) is 4.10. The largest absolute Gasteiger partial charge is 0.454 e. The first kappa shape index (κ1) is 17.5. The summed E-state index contributed by atoms with van der Waals surface area (Å²) < 4.78 is 30.9. The van der Waals surface area contributed by atoms with Crippen LogP contribution in [0.2, 0.25) is 5.02 Å². The molecule has 23 heavy (non-hydrogen) atoms. The average Bonchev–Trinajstić information content (AvgIpc) is 2.55. The minimum absolute atomic E-state index is 0.0794. The standard InChI is InChI=1S/C16H16ClNO4S/c1-11(14-5-3-4-6-15(14)17)22-16(19)12-7-9-13(10-8-12)23(20,21)18-2/h3-11,18H,1-2H3. The molecule has 7 heteroatoms. The highest BCUT2D eigenvalue weighted by molar-refractivity contribution is 7.89. The van der Waals surface area contributed by atoms with Gasteiger partial charge >= 0.3 is 5.97 Å². The van der Waals surface area contributed by atoms with E-state index in [2.05, 4.69) is 4.72 Å². The fourth-order valence-electron chi connectivity index (χ4n) is 1.98. The Morgan fingerprint density at radius 2 is 1.74 bits per heavy atom. The predicted molar refractivity (Wildman–Crippen MR) is 88.0 cm³/mol. The second kappa shape index (κ2) is 7.12. The highest BCUT2D eigenvalue weighted by Crippen LogP contribution is 2.26. The molecule has 122 valence electrons. The molecule has 0 aliphatic carbocycles. The number of hydrogen-bond donors (Lipinski definition) is 1. The topological polar surface area (TPSA) is 72.5 Å². The molecule has 0 radical (unpaired) electrons. The Hall–Kier alpha value is -1.89. The Morgan fingerprint density at radius 1 is 1.13 bits per heavy atom. The van der Waals surface area contributed by atoms with Gasteiger partial charge in [0, 0.05) is 10.6 Å². The summed E-state index contributed by atoms with van der Waals surface area (Å²) >= 11 is 6.07. The van der Waals surface area contributed by atoms with E-state index in [9.17, 15) is 13.2 Å². The SMILES string of the molecule is CNS(=O)(=O)c1ccc(C(=O)OC(C)c2ccccc2Cl)cc1. The van der Waals surface area contributed by atoms with Crippen LogP contribution in [0, 0.1) is 0 Å². The van der Waals surface area contributed by atoms with Crippen molar-refractivity contribution in [1.29, 1.82) is 0 Å². The quantitative estimate of drug-likeness (QED) is 0.838. The molecule has 0 heterocycles. The Labute approximate surface area is 140 Å². The van der Waals surface area contributed by atoms with Gasteiger partial charge in [-0.05, 0) is 44.3 Å². The van der Waals surface area contributed by atoms with Gasteiger partial charge in [-0.2, -0.15) is 0 Å². The zero-order valence-corrected chi connectivity index (χ0v) is 14.2. The smallest absolute Gasteiger partial charge is 0.338 e. The van der Waals surface area contributed by atoms with Crippen molar-refractivity contribution in [3.63, 3.8) is 0 Å². The van der Waals surface area contributed by atoms with Gasteiger partial charge in [-0.25, -0.2) is 17.9 Å². The average molecular weight is 354 g/mol. The second-order valence-corrected chi connectivity index (χ2v) is 7.09. The molecule has 1 unspecified atom stereocenters. The van der Waals surface area contributed by atoms with Gasteiger partial charge in [0.15, 0.2) is 0 Å². The molecule has 5 nitrogen and oxygen atoms in total. The fraction of sp³-hybridized carbons (Fsp3) is 0.188. The number of ether oxygens (including phenoxy) is 1. The van der Waals surface area contributed by atoms with Crippen molar-refractivity contribution in [2.75, 3.05) is 7.05 Å². The molecule has 0 spiro atoms. The van der Waals surface area contributed by atoms with Gasteiger partial charge in [0.1, 0.15) is 6.10 Å². The first-order chi connectivity index (χ1) is 10.8. The first-order valence-electron chi connectivity index (χ1n) is 6.84. The van der Waals surface area contributed by atoms with Crippen LogP contribution in [-0.2, 0) is 14.8 Å². The maximum Gasteiger partial charge on any atom is 0.338 e. The maximum atomic E-state index is 12.1. The van der Waals surface area contributed by atoms with Gasteiger partial charge in [0.2, 0.25) is 10.0 Å². The van der Waals surface area contributed by atoms with Crippen molar-refractivity contribution in [1.82, 2.24) is 4.72 Å². The first-order valence-corrected chi connectivity index (χ1v) is 8.70. The van der Waals surface area contributed by atoms with E-state index in [0.29, 0.717) is 10.6 Å². The summed E-state index contributed by atoms with van der Waals surface area (Å²) in [5.41, 5.74) is 0.968. The summed E-state index contributed by atoms with van der Waals surface area (Å²) in [7, 11) is -2.21. The van der Waals surface area contributed by atoms with Crippen LogP contribution in [0.1, 0.15) is 28.9 Å². The zero-order chi connectivity index (χ0) is 17.0. The number of nitrogens with one attached hydrogen (secondary N) is 1. The number of rotatable bonds is 5. The normalized spacial score (nSPS) is 12.7. The van der Waals surface area contributed by atoms with Crippen molar-refractivity contribution < 1.29 is 17.9 Å². The van der Waals surface area contributed by atoms with E-state index in [1.165, 1.54) is 31.3 Å². The van der Waals surface area contributed by atoms with Crippen LogP contribution >= 0.6 is 11.6 Å². The summed E-state index contributed by atoms with van der Waals surface area (Å²) in [6.45, 7) is 1.72. The summed E-state index contributed by atoms with van der Waals surface area (Å²) in [5, 5.41) is 0.517. The molecule has 0 saturated heterocycles. The third-order valence-electron chi connectivity index (χ3n) is 3.30. The van der Waals surface area contributed by atoms with Crippen molar-refractivity contribution in [2.24, 2.45) is 0 Å². The molecule has 1 atom stereocenters. The van der Waals surface area contributed by atoms with Gasteiger partial charge in [0.05, 0.1) is 10.5 Å². The van der Waals surface area contributed by atoms with E-state index < -0.39 is 22.1 Å². The number of sulfonamides is 1. The lowest BCUT2D eigenvalue weighted by Gasteiger charge is -2.15. The number of benzene rings is 2. The van der Waals surface area contributed by atoms with E-state index >= 15 is 0 Å². The van der Waals surface area contributed by atoms with Crippen LogP contribution in [-0.4, -0.2) is 21.4 Å². The molecule has 1 N–H and O–H groups in total. The second-order valence-electron chi connectivity index (χ2n) is 4.80. The molecule has 0 fully saturated rings. The van der Waals surface area contributed by atoms with Gasteiger partial charge < -0.3 is 4.74 Å². The molecule has 2 aromatic carbocycles. The van der Waals surface area contributed by atoms with E-state index in [1.807, 2.05) is 6.07 Å². The minimum Gasteiger partial charge on any atom is -0.454 e. The minimum atomic E-state index is -3.53. The Morgan fingerprint density at radius 3 is 2.30 bits per heavy atom. The number of esters is 1. The third-order valence-corrected chi connectivity index (χ3v) is 5.07. The van der Waals surface area contributed by atoms with Crippen molar-refractivity contribution >= 4 is 27.6 Å². The van der Waals surface area contributed by atoms with Crippen molar-refractivity contribution in [3.05, 3.63) is 64.7 Å². The van der Waals surface area contributed by atoms with Crippen LogP contribution in [0.5, 0.6) is 0 Å². The number of halogens is 1. The molecule has 0 aromatic heterocycles. The molecular formula is C16H16ClNO4S. The van der Waals surface area contributed by atoms with Crippen LogP contribution in [0.4, 0.5) is 0 Å². The number of carbonyl (C=O) groups excluding carboxylic acids is 1. The van der Waals surface area contributed by atoms with Crippen molar-refractivity contribution in [2.45, 2.75) is 17.9 Å². The molecule has 0 bridgehead atoms. The number of hydrogen-bond acceptors (Lipinski definition) is 4. The van der Waals surface area contributed by atoms with Gasteiger partial charge in [-0.15, -0.1) is 0 Å². The van der Waals surface area contributed by atoms with E-state index in [1.54, 1.807) is 25.1 Å². The molecular weight excluding hydrogens is 338 g/mol. The van der Waals surface area contributed by atoms with Crippen LogP contribution in [0.25, 0.3) is 0 Å². The molecule has 2 aromatic rings. The Kier molecular flexibility index (Phi) is 5.41. The summed E-state index contributed by atoms with van der Waals surface area (Å²) in [5.74, 6) is -0.550. The van der Waals surface area contributed by atoms with Crippen molar-refractivity contribution in [3.8, 4) is 0 Å². The van der Waals surface area contributed by atoms with E-state index in [-0.39, 0.29) is 10.5 Å². The molecule has 0 amide bonds. The van der Waals surface area contributed by atoms with E-state index in [4.69, 9.17) is 16.3 Å². The van der Waals surface area contributed by atoms with Crippen LogP contribution < -0.4 is 4.72 Å². The Bertz CT molecular complexity index is 803. The number of carbonyl (C=O) groups is 1. The summed E-state index contributed by atoms with van der Waals surface area (Å²) in [6, 6.07) is 12.6. The fourth-order valence-corrected chi connectivity index (χ4v) is 3.00. The van der Waals surface area contributed by atoms with E-state index in [0.717, 1.165) is 0 Å². The molecule has 0 aliphatic rings. The lowest BCUT2D eigenvalue weighted by Crippen LogP contribution is -2.18. The Balaban J connectivity index is 2.14. The lowest BCUT2D eigenvalue weighted by atomic mass is 10.1. The highest BCUT2D eigenvalue weighted by Gasteiger charge is 2.17. The summed E-state index contributed by atoms with van der Waals surface area (Å²) in [4.78, 5) is 12.2. The molecule has 0 saturated carbocycles. The molecule has 2 rings (SSSR count). The monoisotopic (exact) mass is 353 g/mol.